The number of hydrogen-bond donors (Lipinski definition) is 3. The van der Waals surface area contributed by atoms with Crippen LogP contribution in [0.2, 0.25) is 0 Å². The minimum absolute atomic E-state index is 0.00626. The van der Waals surface area contributed by atoms with Crippen LogP contribution in [-0.2, 0) is 35.1 Å². The third-order valence-corrected chi connectivity index (χ3v) is 15.2. The zero-order valence-electron chi connectivity index (χ0n) is 33.7. The molecular formula is C40H48F6N6O8S. The minimum atomic E-state index is -4.24. The van der Waals surface area contributed by atoms with Gasteiger partial charge in [-0.15, -0.1) is 0 Å². The van der Waals surface area contributed by atoms with E-state index in [9.17, 15) is 45.2 Å². The summed E-state index contributed by atoms with van der Waals surface area (Å²) < 4.78 is 129. The number of nitrogens with one attached hydrogen (secondary N) is 3. The van der Waals surface area contributed by atoms with Crippen molar-refractivity contribution in [3.63, 3.8) is 0 Å². The fourth-order valence-electron chi connectivity index (χ4n) is 9.61. The third kappa shape index (κ3) is 8.31. The highest BCUT2D eigenvalue weighted by atomic mass is 32.2. The quantitative estimate of drug-likeness (QED) is 0.325. The summed E-state index contributed by atoms with van der Waals surface area (Å²) in [5.74, 6) is -12.0. The van der Waals surface area contributed by atoms with Crippen LogP contribution in [0, 0.1) is 40.7 Å². The van der Waals surface area contributed by atoms with Crippen molar-refractivity contribution >= 4 is 44.9 Å². The fraction of sp³-hybridized carbons (Fsp3) is 0.700. The molecule has 2 bridgehead atoms. The Morgan fingerprint density at radius 1 is 0.951 bits per heavy atom. The molecule has 3 N–H and O–H groups in total. The van der Waals surface area contributed by atoms with Gasteiger partial charge in [-0.1, -0.05) is 27.2 Å². The summed E-state index contributed by atoms with van der Waals surface area (Å²) in [5, 5.41) is 4.06. The van der Waals surface area contributed by atoms with Crippen molar-refractivity contribution in [3.05, 3.63) is 29.5 Å². The van der Waals surface area contributed by atoms with Crippen LogP contribution in [0.15, 0.2) is 12.1 Å². The monoisotopic (exact) mass is 886 g/mol. The van der Waals surface area contributed by atoms with Crippen LogP contribution < -0.4 is 20.1 Å². The first-order chi connectivity index (χ1) is 28.6. The second-order valence-corrected chi connectivity index (χ2v) is 20.6. The maximum atomic E-state index is 16.3. The lowest BCUT2D eigenvalue weighted by atomic mass is 9.71. The Kier molecular flexibility index (Phi) is 10.9. The lowest BCUT2D eigenvalue weighted by molar-refractivity contribution is -0.143. The largest absolute Gasteiger partial charge is 0.471 e. The summed E-state index contributed by atoms with van der Waals surface area (Å²) in [6.45, 7) is 4.37. The predicted octanol–water partition coefficient (Wildman–Crippen LogP) is 5.23. The molecule has 2 aliphatic heterocycles. The Balaban J connectivity index is 1.17. The highest BCUT2D eigenvalue weighted by Crippen LogP contribution is 2.53. The number of carbonyl (C=O) groups is 4. The number of rotatable bonds is 6. The number of halogens is 6. The third-order valence-electron chi connectivity index (χ3n) is 13.4. The van der Waals surface area contributed by atoms with Gasteiger partial charge in [-0.05, 0) is 74.5 Å². The van der Waals surface area contributed by atoms with E-state index in [2.05, 4.69) is 20.6 Å². The highest BCUT2D eigenvalue weighted by Gasteiger charge is 2.67. The molecule has 0 spiro atoms. The number of aromatic nitrogens is 2. The topological polar surface area (TPSA) is 186 Å². The summed E-state index contributed by atoms with van der Waals surface area (Å²) in [5.41, 5.74) is -5.16. The summed E-state index contributed by atoms with van der Waals surface area (Å²) >= 11 is 0. The SMILES string of the molecule is CC(C)(C)[C@@H]1NC(=O)O[C@@H]2C[C@@H]3CC[C@@H]3[C@H]2CCCCC(F)(F)c2nc3cc(F)c(F)cc3nc2O[C@@H]2C[C@@H](C(=O)N[C@]3(C(=O)NS(=O)(=O)C4CC4)C[C@H]3C(F)F)N(C2)C1=O. The summed E-state index contributed by atoms with van der Waals surface area (Å²) in [7, 11) is -4.24. The molecule has 4 amide bonds. The Labute approximate surface area is 347 Å². The normalized spacial score (nSPS) is 32.9. The number of ether oxygens (including phenoxy) is 2. The van der Waals surface area contributed by atoms with Gasteiger partial charge in [0.05, 0.1) is 28.7 Å². The van der Waals surface area contributed by atoms with Crippen molar-refractivity contribution < 1.29 is 63.4 Å². The molecular weight excluding hydrogens is 839 g/mol. The fourth-order valence-corrected chi connectivity index (χ4v) is 11.0. The number of benzene rings is 1. The van der Waals surface area contributed by atoms with E-state index < -0.39 is 142 Å². The average Bonchev–Trinajstić information content (AvgIpc) is 4.08. The number of hydrogen-bond acceptors (Lipinski definition) is 10. The number of fused-ring (bicyclic) bond motifs is 7. The first-order valence-electron chi connectivity index (χ1n) is 20.7. The van der Waals surface area contributed by atoms with Crippen molar-refractivity contribution in [2.45, 2.75) is 139 Å². The molecule has 0 radical (unpaired) electrons. The van der Waals surface area contributed by atoms with Crippen molar-refractivity contribution in [3.8, 4) is 5.88 Å². The van der Waals surface area contributed by atoms with Crippen LogP contribution in [0.3, 0.4) is 0 Å². The molecule has 334 valence electrons. The molecule has 61 heavy (non-hydrogen) atoms. The molecule has 9 atom stereocenters. The van der Waals surface area contributed by atoms with Crippen LogP contribution in [0.1, 0.15) is 97.1 Å². The molecule has 1 aromatic heterocycles. The van der Waals surface area contributed by atoms with Gasteiger partial charge in [0, 0.05) is 25.0 Å². The molecule has 2 aromatic rings. The molecule has 21 heteroatoms. The molecule has 14 nitrogen and oxygen atoms in total. The molecule has 4 aliphatic carbocycles. The van der Waals surface area contributed by atoms with Gasteiger partial charge >= 0.3 is 6.09 Å². The predicted molar refractivity (Wildman–Crippen MR) is 202 cm³/mol. The molecule has 6 aliphatic rings. The molecule has 8 rings (SSSR count). The second kappa shape index (κ2) is 15.4. The van der Waals surface area contributed by atoms with Crippen LogP contribution in [0.5, 0.6) is 5.88 Å². The van der Waals surface area contributed by atoms with Gasteiger partial charge in [-0.3, -0.25) is 19.1 Å². The van der Waals surface area contributed by atoms with Gasteiger partial charge in [0.15, 0.2) is 17.3 Å². The lowest BCUT2D eigenvalue weighted by Gasteiger charge is -2.36. The minimum Gasteiger partial charge on any atom is -0.471 e. The van der Waals surface area contributed by atoms with Gasteiger partial charge in [-0.25, -0.2) is 40.7 Å². The van der Waals surface area contributed by atoms with Crippen molar-refractivity contribution in [1.82, 2.24) is 30.2 Å². The van der Waals surface area contributed by atoms with Gasteiger partial charge in [0.2, 0.25) is 34.1 Å². The smallest absolute Gasteiger partial charge is 0.408 e. The van der Waals surface area contributed by atoms with E-state index >= 15 is 8.78 Å². The van der Waals surface area contributed by atoms with Gasteiger partial charge < -0.3 is 25.0 Å². The van der Waals surface area contributed by atoms with Gasteiger partial charge in [0.25, 0.3) is 11.8 Å². The first-order valence-corrected chi connectivity index (χ1v) is 22.3. The Morgan fingerprint density at radius 3 is 2.25 bits per heavy atom. The molecule has 4 saturated carbocycles. The Bertz CT molecular complexity index is 2240. The second-order valence-electron chi connectivity index (χ2n) is 18.6. The van der Waals surface area contributed by atoms with Crippen LogP contribution >= 0.6 is 0 Å². The zero-order valence-corrected chi connectivity index (χ0v) is 34.5. The zero-order chi connectivity index (χ0) is 44.0. The average molecular weight is 887 g/mol. The first kappa shape index (κ1) is 43.2. The van der Waals surface area contributed by atoms with E-state index in [0.29, 0.717) is 31.4 Å². The van der Waals surface area contributed by atoms with E-state index in [1.54, 1.807) is 20.8 Å². The van der Waals surface area contributed by atoms with Crippen LogP contribution in [0.25, 0.3) is 11.0 Å². The number of sulfonamides is 1. The van der Waals surface area contributed by atoms with E-state index in [0.717, 1.165) is 17.7 Å². The van der Waals surface area contributed by atoms with Crippen molar-refractivity contribution in [1.29, 1.82) is 0 Å². The lowest BCUT2D eigenvalue weighted by Crippen LogP contribution is -2.60. The number of carbonyl (C=O) groups excluding carboxylic acids is 4. The number of alkyl halides is 4. The van der Waals surface area contributed by atoms with E-state index in [1.165, 1.54) is 0 Å². The molecule has 1 saturated heterocycles. The Morgan fingerprint density at radius 2 is 1.64 bits per heavy atom. The van der Waals surface area contributed by atoms with Crippen LogP contribution in [-0.4, -0.2) is 95.2 Å². The maximum Gasteiger partial charge on any atom is 0.408 e. The molecule has 0 unspecified atom stereocenters. The van der Waals surface area contributed by atoms with Gasteiger partial charge in [-0.2, -0.15) is 8.78 Å². The van der Waals surface area contributed by atoms with Crippen molar-refractivity contribution in [2.24, 2.45) is 29.1 Å². The Hall–Kier alpha value is -4.43. The highest BCUT2D eigenvalue weighted by molar-refractivity contribution is 7.91. The van der Waals surface area contributed by atoms with Crippen LogP contribution in [0.4, 0.5) is 31.1 Å². The molecule has 3 heterocycles. The summed E-state index contributed by atoms with van der Waals surface area (Å²) in [6, 6.07) is -1.78. The number of nitrogens with zero attached hydrogens (tertiary/aromatic N) is 3. The van der Waals surface area contributed by atoms with E-state index in [-0.39, 0.29) is 48.0 Å². The maximum absolute atomic E-state index is 16.3. The van der Waals surface area contributed by atoms with Gasteiger partial charge in [0.1, 0.15) is 29.8 Å². The number of amides is 4. The summed E-state index contributed by atoms with van der Waals surface area (Å²) in [6.07, 6.45) is -4.21. The number of alkyl carbamates (subject to hydrolysis) is 1. The van der Waals surface area contributed by atoms with Crippen molar-refractivity contribution in [2.75, 3.05) is 6.54 Å². The van der Waals surface area contributed by atoms with E-state index in [4.69, 9.17) is 9.47 Å². The molecule has 5 fully saturated rings. The molecule has 1 aromatic carbocycles. The van der Waals surface area contributed by atoms with E-state index in [1.807, 2.05) is 4.72 Å². The standard InChI is InChI=1S/C40H48F6N6O8S/c1-38(2,3)31-35(54)52-17-19(13-28(52)33(53)50-39(16-23(39)32(43)44)36(55)51-61(57,58)20-8-9-20)59-34-30(47-26-14-24(41)25(42)15-27(26)48-34)40(45,46)11-5-4-6-22-21-10-7-18(21)12-29(22)60-37(56)49-31/h14-15,18-23,28-29,31-32H,4-13,16-17H2,1-3H3,(H,49,56)(H,50,53)(H,51,55)/t18-,19+,21-,22+,23-,28-,29+,31+,39+/m0/s1. The summed E-state index contributed by atoms with van der Waals surface area (Å²) in [4.78, 5) is 65.2.